The van der Waals surface area contributed by atoms with Crippen molar-refractivity contribution in [2.45, 2.75) is 0 Å². The molecular formula is C15H17N6O4P. The molecule has 0 radical (unpaired) electrons. The van der Waals surface area contributed by atoms with Crippen molar-refractivity contribution in [2.75, 3.05) is 17.2 Å². The number of nitrogen functional groups attached to an aromatic ring is 3. The fourth-order valence-corrected chi connectivity index (χ4v) is 2.49. The summed E-state index contributed by atoms with van der Waals surface area (Å²) in [5.41, 5.74) is 15.4. The van der Waals surface area contributed by atoms with E-state index in [0.29, 0.717) is 0 Å². The largest absolute Gasteiger partial charge is 0.584 e. The SMILES string of the molecule is Nc1nc(N)nc(N)n1.O=P(O)(Oc1ccccc1)Oc1ccccc1. The van der Waals surface area contributed by atoms with E-state index in [1.165, 1.54) is 0 Å². The predicted molar refractivity (Wildman–Crippen MR) is 97.0 cm³/mol. The van der Waals surface area contributed by atoms with Crippen LogP contribution < -0.4 is 26.2 Å². The van der Waals surface area contributed by atoms with Crippen LogP contribution in [0.3, 0.4) is 0 Å². The van der Waals surface area contributed by atoms with Crippen molar-refractivity contribution in [1.29, 1.82) is 0 Å². The molecule has 0 amide bonds. The molecule has 2 aromatic carbocycles. The number of hydrogen-bond acceptors (Lipinski definition) is 9. The highest BCUT2D eigenvalue weighted by atomic mass is 31.2. The molecule has 1 heterocycles. The van der Waals surface area contributed by atoms with Crippen molar-refractivity contribution in [3.63, 3.8) is 0 Å². The molecule has 3 aromatic rings. The summed E-state index contributed by atoms with van der Waals surface area (Å²) < 4.78 is 21.5. The lowest BCUT2D eigenvalue weighted by atomic mass is 10.3. The zero-order chi connectivity index (χ0) is 19.0. The third kappa shape index (κ3) is 6.63. The Labute approximate surface area is 149 Å². The van der Waals surface area contributed by atoms with Crippen molar-refractivity contribution >= 4 is 25.7 Å². The first-order valence-electron chi connectivity index (χ1n) is 7.19. The minimum Gasteiger partial charge on any atom is -0.395 e. The molecule has 0 spiro atoms. The number of nitrogens with two attached hydrogens (primary N) is 3. The molecule has 0 bridgehead atoms. The zero-order valence-corrected chi connectivity index (χ0v) is 14.4. The smallest absolute Gasteiger partial charge is 0.395 e. The van der Waals surface area contributed by atoms with Gasteiger partial charge in [-0.15, -0.1) is 0 Å². The van der Waals surface area contributed by atoms with Crippen LogP contribution >= 0.6 is 7.82 Å². The molecule has 0 saturated carbocycles. The van der Waals surface area contributed by atoms with E-state index in [1.54, 1.807) is 60.7 Å². The Morgan fingerprint density at radius 2 is 1.00 bits per heavy atom. The van der Waals surface area contributed by atoms with Gasteiger partial charge in [-0.25, -0.2) is 4.57 Å². The summed E-state index contributed by atoms with van der Waals surface area (Å²) in [7, 11) is -4.14. The molecule has 0 saturated heterocycles. The molecule has 1 aromatic heterocycles. The summed E-state index contributed by atoms with van der Waals surface area (Å²) in [5, 5.41) is 0. The highest BCUT2D eigenvalue weighted by molar-refractivity contribution is 7.48. The number of nitrogens with zero attached hydrogens (tertiary/aromatic N) is 3. The topological polar surface area (TPSA) is 172 Å². The van der Waals surface area contributed by atoms with Crippen molar-refractivity contribution in [3.05, 3.63) is 60.7 Å². The average Bonchev–Trinajstić information content (AvgIpc) is 2.55. The molecular weight excluding hydrogens is 359 g/mol. The molecule has 0 atom stereocenters. The Kier molecular flexibility index (Phi) is 6.31. The van der Waals surface area contributed by atoms with E-state index in [-0.39, 0.29) is 29.3 Å². The first kappa shape index (κ1) is 19.0. The maximum absolute atomic E-state index is 11.7. The number of hydrogen-bond donors (Lipinski definition) is 4. The molecule has 3 rings (SSSR count). The number of phosphoric acid groups is 1. The van der Waals surface area contributed by atoms with E-state index in [4.69, 9.17) is 26.2 Å². The lowest BCUT2D eigenvalue weighted by molar-refractivity contribution is 0.291. The summed E-state index contributed by atoms with van der Waals surface area (Å²) in [5.74, 6) is 0.698. The summed E-state index contributed by atoms with van der Waals surface area (Å²) >= 11 is 0. The summed E-state index contributed by atoms with van der Waals surface area (Å²) in [6.07, 6.45) is 0. The van der Waals surface area contributed by atoms with Crippen molar-refractivity contribution in [2.24, 2.45) is 0 Å². The van der Waals surface area contributed by atoms with E-state index >= 15 is 0 Å². The summed E-state index contributed by atoms with van der Waals surface area (Å²) in [4.78, 5) is 20.0. The molecule has 0 unspecified atom stereocenters. The monoisotopic (exact) mass is 376 g/mol. The minimum absolute atomic E-state index is 0.0417. The molecule has 136 valence electrons. The number of para-hydroxylation sites is 2. The van der Waals surface area contributed by atoms with Crippen LogP contribution in [0, 0.1) is 0 Å². The molecule has 7 N–H and O–H groups in total. The number of phosphoric ester groups is 1. The van der Waals surface area contributed by atoms with Gasteiger partial charge in [-0.1, -0.05) is 36.4 Å². The van der Waals surface area contributed by atoms with E-state index in [1.807, 2.05) is 0 Å². The molecule has 0 aliphatic carbocycles. The third-order valence-corrected chi connectivity index (χ3v) is 3.50. The van der Waals surface area contributed by atoms with Crippen LogP contribution in [0.4, 0.5) is 17.8 Å². The lowest BCUT2D eigenvalue weighted by Gasteiger charge is -2.13. The van der Waals surface area contributed by atoms with Crippen molar-refractivity contribution in [1.82, 2.24) is 15.0 Å². The van der Waals surface area contributed by atoms with Gasteiger partial charge in [0.2, 0.25) is 17.8 Å². The minimum atomic E-state index is -4.14. The Bertz CT molecular complexity index is 786. The number of aromatic nitrogens is 3. The van der Waals surface area contributed by atoms with Crippen LogP contribution in [0.2, 0.25) is 0 Å². The van der Waals surface area contributed by atoms with E-state index < -0.39 is 7.82 Å². The van der Waals surface area contributed by atoms with Crippen molar-refractivity contribution in [3.8, 4) is 11.5 Å². The maximum atomic E-state index is 11.7. The molecule has 0 fully saturated rings. The lowest BCUT2D eigenvalue weighted by Crippen LogP contribution is -2.05. The van der Waals surface area contributed by atoms with Crippen LogP contribution in [0.25, 0.3) is 0 Å². The second kappa shape index (κ2) is 8.65. The van der Waals surface area contributed by atoms with Gasteiger partial charge in [0, 0.05) is 0 Å². The second-order valence-corrected chi connectivity index (χ2v) is 5.99. The number of anilines is 3. The van der Waals surface area contributed by atoms with Gasteiger partial charge in [0.15, 0.2) is 0 Å². The van der Waals surface area contributed by atoms with Gasteiger partial charge in [0.25, 0.3) is 0 Å². The fourth-order valence-electron chi connectivity index (χ4n) is 1.67. The highest BCUT2D eigenvalue weighted by Gasteiger charge is 2.24. The Morgan fingerprint density at radius 3 is 1.31 bits per heavy atom. The first-order chi connectivity index (χ1) is 12.3. The average molecular weight is 376 g/mol. The molecule has 11 heteroatoms. The van der Waals surface area contributed by atoms with E-state index in [2.05, 4.69) is 15.0 Å². The fraction of sp³-hybridized carbons (Fsp3) is 0. The van der Waals surface area contributed by atoms with Crippen LogP contribution in [0.15, 0.2) is 60.7 Å². The summed E-state index contributed by atoms with van der Waals surface area (Å²) in [6, 6.07) is 16.7. The zero-order valence-electron chi connectivity index (χ0n) is 13.5. The van der Waals surface area contributed by atoms with Crippen LogP contribution in [-0.2, 0) is 4.57 Å². The molecule has 26 heavy (non-hydrogen) atoms. The first-order valence-corrected chi connectivity index (χ1v) is 8.68. The van der Waals surface area contributed by atoms with Gasteiger partial charge in [0.05, 0.1) is 0 Å². The van der Waals surface area contributed by atoms with Gasteiger partial charge in [0.1, 0.15) is 11.5 Å². The number of benzene rings is 2. The maximum Gasteiger partial charge on any atom is 0.584 e. The quantitative estimate of drug-likeness (QED) is 0.492. The van der Waals surface area contributed by atoms with Gasteiger partial charge < -0.3 is 26.2 Å². The molecule has 0 aliphatic rings. The van der Waals surface area contributed by atoms with Crippen LogP contribution in [0.5, 0.6) is 11.5 Å². The Hall–Kier alpha value is -3.36. The third-order valence-electron chi connectivity index (χ3n) is 2.62. The normalized spacial score (nSPS) is 10.3. The highest BCUT2D eigenvalue weighted by Crippen LogP contribution is 2.44. The number of rotatable bonds is 4. The van der Waals surface area contributed by atoms with E-state index in [9.17, 15) is 9.46 Å². The van der Waals surface area contributed by atoms with Gasteiger partial charge in [-0.05, 0) is 24.3 Å². The predicted octanol–water partition coefficient (Wildman–Crippen LogP) is 1.86. The Morgan fingerprint density at radius 1 is 0.692 bits per heavy atom. The Balaban J connectivity index is 0.000000228. The van der Waals surface area contributed by atoms with Gasteiger partial charge >= 0.3 is 7.82 Å². The van der Waals surface area contributed by atoms with E-state index in [0.717, 1.165) is 0 Å². The molecule has 10 nitrogen and oxygen atoms in total. The standard InChI is InChI=1S/C12H11O4P.C3H6N6/c13-17(14,15-11-7-3-1-4-8-11)16-12-9-5-2-6-10-12;4-1-7-2(5)9-3(6)8-1/h1-10H,(H,13,14);(H6,4,5,6,7,8,9). The van der Waals surface area contributed by atoms with Gasteiger partial charge in [-0.3, -0.25) is 4.89 Å². The summed E-state index contributed by atoms with van der Waals surface area (Å²) in [6.45, 7) is 0. The molecule has 0 aliphatic heterocycles. The van der Waals surface area contributed by atoms with Gasteiger partial charge in [-0.2, -0.15) is 15.0 Å². The van der Waals surface area contributed by atoms with Crippen LogP contribution in [0.1, 0.15) is 0 Å². The van der Waals surface area contributed by atoms with Crippen LogP contribution in [-0.4, -0.2) is 19.8 Å². The second-order valence-electron chi connectivity index (χ2n) is 4.69. The van der Waals surface area contributed by atoms with Crippen molar-refractivity contribution < 1.29 is 18.5 Å².